The molecule has 1 amide bonds. The van der Waals surface area contributed by atoms with Crippen LogP contribution in [0, 0.1) is 0 Å². The monoisotopic (exact) mass is 305 g/mol. The summed E-state index contributed by atoms with van der Waals surface area (Å²) in [6, 6.07) is 8.56. The summed E-state index contributed by atoms with van der Waals surface area (Å²) >= 11 is 0. The fourth-order valence-corrected chi connectivity index (χ4v) is 2.74. The molecule has 22 heavy (non-hydrogen) atoms. The van der Waals surface area contributed by atoms with E-state index in [0.29, 0.717) is 5.56 Å². The second-order valence-electron chi connectivity index (χ2n) is 5.25. The molecule has 1 fully saturated rings. The zero-order valence-corrected chi connectivity index (χ0v) is 12.6. The van der Waals surface area contributed by atoms with Crippen molar-refractivity contribution in [2.75, 3.05) is 14.2 Å². The number of rotatable bonds is 4. The Morgan fingerprint density at radius 3 is 2.50 bits per heavy atom. The quantitative estimate of drug-likeness (QED) is 0.842. The lowest BCUT2D eigenvalue weighted by atomic mass is 9.78. The summed E-state index contributed by atoms with van der Waals surface area (Å²) in [6.07, 6.45) is -0.311. The number of carbonyl (C=O) groups is 3. The Morgan fingerprint density at radius 1 is 1.23 bits per heavy atom. The fourth-order valence-electron chi connectivity index (χ4n) is 2.74. The molecule has 0 radical (unpaired) electrons. The van der Waals surface area contributed by atoms with Gasteiger partial charge >= 0.3 is 5.97 Å². The lowest BCUT2D eigenvalue weighted by Crippen LogP contribution is -2.65. The minimum Gasteiger partial charge on any atom is -0.467 e. The van der Waals surface area contributed by atoms with Crippen molar-refractivity contribution in [2.45, 2.75) is 30.9 Å². The standard InChI is InChI=1S/C16H19NO5/c1-21-13-10-12(18)8-9-16(13,15(20)22-2)17-14(19)11-6-4-3-5-7-11/h3-7,13H,8-10H2,1-2H3,(H,17,19)/t13-,16-/m1/s1. The molecule has 0 unspecified atom stereocenters. The number of carbonyl (C=O) groups excluding carboxylic acids is 3. The molecule has 6 heteroatoms. The summed E-state index contributed by atoms with van der Waals surface area (Å²) in [6.45, 7) is 0. The molecule has 1 N–H and O–H groups in total. The van der Waals surface area contributed by atoms with E-state index in [1.165, 1.54) is 14.2 Å². The van der Waals surface area contributed by atoms with E-state index in [2.05, 4.69) is 5.32 Å². The molecule has 0 heterocycles. The van der Waals surface area contributed by atoms with Crippen molar-refractivity contribution < 1.29 is 23.9 Å². The Morgan fingerprint density at radius 2 is 1.91 bits per heavy atom. The molecule has 0 bridgehead atoms. The Labute approximate surface area is 128 Å². The van der Waals surface area contributed by atoms with E-state index in [1.807, 2.05) is 0 Å². The lowest BCUT2D eigenvalue weighted by Gasteiger charge is -2.40. The van der Waals surface area contributed by atoms with E-state index in [4.69, 9.17) is 9.47 Å². The molecule has 1 saturated carbocycles. The number of Topliss-reactive ketones (excluding diaryl/α,β-unsaturated/α-hetero) is 1. The van der Waals surface area contributed by atoms with E-state index in [0.717, 1.165) is 0 Å². The normalized spacial score (nSPS) is 24.6. The Balaban J connectivity index is 2.31. The minimum atomic E-state index is -1.34. The average Bonchev–Trinajstić information content (AvgIpc) is 2.56. The van der Waals surface area contributed by atoms with E-state index in [1.54, 1.807) is 30.3 Å². The molecule has 2 rings (SSSR count). The van der Waals surface area contributed by atoms with Crippen molar-refractivity contribution >= 4 is 17.7 Å². The molecule has 2 atom stereocenters. The number of nitrogens with one attached hydrogen (secondary N) is 1. The van der Waals surface area contributed by atoms with E-state index >= 15 is 0 Å². The fraction of sp³-hybridized carbons (Fsp3) is 0.438. The van der Waals surface area contributed by atoms with E-state index in [-0.39, 0.29) is 25.0 Å². The molecular formula is C16H19NO5. The van der Waals surface area contributed by atoms with Crippen LogP contribution in [0.3, 0.4) is 0 Å². The maximum Gasteiger partial charge on any atom is 0.334 e. The van der Waals surface area contributed by atoms with Crippen LogP contribution in [0.15, 0.2) is 30.3 Å². The summed E-state index contributed by atoms with van der Waals surface area (Å²) in [4.78, 5) is 36.4. The molecule has 0 spiro atoms. The number of amides is 1. The minimum absolute atomic E-state index is 0.000313. The van der Waals surface area contributed by atoms with Crippen molar-refractivity contribution in [1.82, 2.24) is 5.32 Å². The molecule has 118 valence electrons. The van der Waals surface area contributed by atoms with Gasteiger partial charge in [-0.1, -0.05) is 18.2 Å². The predicted molar refractivity (Wildman–Crippen MR) is 78.3 cm³/mol. The number of hydrogen-bond donors (Lipinski definition) is 1. The largest absolute Gasteiger partial charge is 0.467 e. The van der Waals surface area contributed by atoms with E-state index < -0.39 is 23.5 Å². The number of ketones is 1. The summed E-state index contributed by atoms with van der Waals surface area (Å²) in [5, 5.41) is 2.73. The topological polar surface area (TPSA) is 81.7 Å². The highest BCUT2D eigenvalue weighted by molar-refractivity contribution is 5.99. The first kappa shape index (κ1) is 16.2. The van der Waals surface area contributed by atoms with Gasteiger partial charge in [-0.15, -0.1) is 0 Å². The van der Waals surface area contributed by atoms with E-state index in [9.17, 15) is 14.4 Å². The lowest BCUT2D eigenvalue weighted by molar-refractivity contribution is -0.158. The van der Waals surface area contributed by atoms with Gasteiger partial charge in [0.25, 0.3) is 5.91 Å². The maximum absolute atomic E-state index is 12.4. The smallest absolute Gasteiger partial charge is 0.334 e. The van der Waals surface area contributed by atoms with Crippen LogP contribution in [0.5, 0.6) is 0 Å². The highest BCUT2D eigenvalue weighted by atomic mass is 16.5. The molecular weight excluding hydrogens is 286 g/mol. The molecule has 1 aliphatic carbocycles. The Bertz CT molecular complexity index is 571. The zero-order chi connectivity index (χ0) is 16.2. The van der Waals surface area contributed by atoms with Crippen LogP contribution < -0.4 is 5.32 Å². The van der Waals surface area contributed by atoms with Crippen molar-refractivity contribution in [2.24, 2.45) is 0 Å². The second kappa shape index (κ2) is 6.70. The first-order chi connectivity index (χ1) is 10.5. The van der Waals surface area contributed by atoms with Crippen LogP contribution in [0.1, 0.15) is 29.6 Å². The third-order valence-corrected chi connectivity index (χ3v) is 3.97. The zero-order valence-electron chi connectivity index (χ0n) is 12.6. The maximum atomic E-state index is 12.4. The van der Waals surface area contributed by atoms with Crippen molar-refractivity contribution in [3.8, 4) is 0 Å². The number of hydrogen-bond acceptors (Lipinski definition) is 5. The van der Waals surface area contributed by atoms with Crippen molar-refractivity contribution in [1.29, 1.82) is 0 Å². The van der Waals surface area contributed by atoms with Crippen molar-refractivity contribution in [3.63, 3.8) is 0 Å². The highest BCUT2D eigenvalue weighted by Gasteiger charge is 2.51. The predicted octanol–water partition coefficient (Wildman–Crippen LogP) is 1.10. The highest BCUT2D eigenvalue weighted by Crippen LogP contribution is 2.30. The molecule has 1 aliphatic rings. The van der Waals surface area contributed by atoms with Crippen LogP contribution in [0.4, 0.5) is 0 Å². The van der Waals surface area contributed by atoms with Gasteiger partial charge in [0.05, 0.1) is 13.2 Å². The SMILES string of the molecule is COC(=O)[C@@]1(NC(=O)c2ccccc2)CCC(=O)C[C@H]1OC. The molecule has 6 nitrogen and oxygen atoms in total. The molecule has 0 aromatic heterocycles. The van der Waals surface area contributed by atoms with Gasteiger partial charge < -0.3 is 14.8 Å². The van der Waals surface area contributed by atoms with Crippen LogP contribution in [0.2, 0.25) is 0 Å². The van der Waals surface area contributed by atoms with Crippen LogP contribution in [-0.2, 0) is 19.1 Å². The van der Waals surface area contributed by atoms with Crippen molar-refractivity contribution in [3.05, 3.63) is 35.9 Å². The summed E-state index contributed by atoms with van der Waals surface area (Å²) in [7, 11) is 2.66. The van der Waals surface area contributed by atoms with Crippen LogP contribution in [0.25, 0.3) is 0 Å². The van der Waals surface area contributed by atoms with Gasteiger partial charge in [-0.25, -0.2) is 4.79 Å². The Kier molecular flexibility index (Phi) is 4.92. The number of methoxy groups -OCH3 is 2. The van der Waals surface area contributed by atoms with Gasteiger partial charge in [-0.3, -0.25) is 9.59 Å². The van der Waals surface area contributed by atoms with Gasteiger partial charge in [0.2, 0.25) is 0 Å². The van der Waals surface area contributed by atoms with Gasteiger partial charge in [-0.05, 0) is 18.6 Å². The van der Waals surface area contributed by atoms with Gasteiger partial charge in [0.1, 0.15) is 5.78 Å². The van der Waals surface area contributed by atoms with Gasteiger partial charge in [0.15, 0.2) is 5.54 Å². The van der Waals surface area contributed by atoms with Gasteiger partial charge in [0, 0.05) is 25.5 Å². The third kappa shape index (κ3) is 3.01. The number of benzene rings is 1. The van der Waals surface area contributed by atoms with Crippen LogP contribution in [-0.4, -0.2) is 43.5 Å². The third-order valence-electron chi connectivity index (χ3n) is 3.97. The number of esters is 1. The molecule has 1 aromatic rings. The second-order valence-corrected chi connectivity index (χ2v) is 5.25. The van der Waals surface area contributed by atoms with Crippen LogP contribution >= 0.6 is 0 Å². The Hall–Kier alpha value is -2.21. The summed E-state index contributed by atoms with van der Waals surface area (Å²) in [5.74, 6) is -1.00. The molecule has 1 aromatic carbocycles. The van der Waals surface area contributed by atoms with Gasteiger partial charge in [-0.2, -0.15) is 0 Å². The summed E-state index contributed by atoms with van der Waals surface area (Å²) < 4.78 is 10.2. The molecule has 0 saturated heterocycles. The first-order valence-corrected chi connectivity index (χ1v) is 7.04. The average molecular weight is 305 g/mol. The molecule has 0 aliphatic heterocycles. The first-order valence-electron chi connectivity index (χ1n) is 7.04. The summed E-state index contributed by atoms with van der Waals surface area (Å²) in [5.41, 5.74) is -0.915. The number of ether oxygens (including phenoxy) is 2.